The number of hydrogen-bond acceptors (Lipinski definition) is 7. The largest absolute Gasteiger partial charge is 0.484 e. The van der Waals surface area contributed by atoms with Crippen molar-refractivity contribution in [2.75, 3.05) is 37.6 Å². The number of hydrogen-bond donors (Lipinski definition) is 2. The van der Waals surface area contributed by atoms with Crippen LogP contribution in [0, 0.1) is 5.82 Å². The Labute approximate surface area is 206 Å². The first kappa shape index (κ1) is 24.0. The van der Waals surface area contributed by atoms with Gasteiger partial charge in [-0.1, -0.05) is 12.2 Å². The van der Waals surface area contributed by atoms with Crippen LogP contribution in [-0.2, 0) is 21.4 Å². The molecule has 1 saturated heterocycles. The van der Waals surface area contributed by atoms with Crippen molar-refractivity contribution < 1.29 is 36.6 Å². The summed E-state index contributed by atoms with van der Waals surface area (Å²) >= 11 is 0. The average molecular weight is 515 g/mol. The number of carbonyl (C=O) groups is 1. The van der Waals surface area contributed by atoms with Crippen molar-refractivity contribution in [3.63, 3.8) is 0 Å². The third kappa shape index (κ3) is 4.72. The van der Waals surface area contributed by atoms with Gasteiger partial charge in [0, 0.05) is 30.8 Å². The van der Waals surface area contributed by atoms with E-state index in [1.807, 2.05) is 0 Å². The van der Waals surface area contributed by atoms with Gasteiger partial charge in [0.05, 0.1) is 30.1 Å². The second-order valence-corrected chi connectivity index (χ2v) is 9.97. The third-order valence-corrected chi connectivity index (χ3v) is 7.46. The Kier molecular flexibility index (Phi) is 6.52. The Bertz CT molecular complexity index is 1440. The zero-order chi connectivity index (χ0) is 25.3. The van der Waals surface area contributed by atoms with Crippen LogP contribution in [0.5, 0.6) is 5.75 Å². The van der Waals surface area contributed by atoms with E-state index in [0.29, 0.717) is 36.6 Å². The second kappa shape index (κ2) is 9.76. The molecule has 0 amide bonds. The molecule has 2 aliphatic heterocycles. The third-order valence-electron chi connectivity index (χ3n) is 6.03. The summed E-state index contributed by atoms with van der Waals surface area (Å²) in [5, 5.41) is 9.91. The minimum atomic E-state index is -4.29. The van der Waals surface area contributed by atoms with E-state index in [-0.39, 0.29) is 34.1 Å². The van der Waals surface area contributed by atoms with Gasteiger partial charge in [0.2, 0.25) is 0 Å². The number of rotatable bonds is 7. The Balaban J connectivity index is 1.47. The van der Waals surface area contributed by atoms with Gasteiger partial charge in [-0.25, -0.2) is 17.6 Å². The number of carboxylic acid groups (broad SMARTS) is 1. The summed E-state index contributed by atoms with van der Waals surface area (Å²) in [5.41, 5.74) is 0.818. The summed E-state index contributed by atoms with van der Waals surface area (Å²) < 4.78 is 59.4. The van der Waals surface area contributed by atoms with Crippen LogP contribution < -0.4 is 9.46 Å². The summed E-state index contributed by atoms with van der Waals surface area (Å²) in [5.74, 6) is -1.36. The molecule has 0 aliphatic carbocycles. The molecule has 2 aliphatic rings. The summed E-state index contributed by atoms with van der Waals surface area (Å²) in [6.45, 7) is 3.30. The van der Waals surface area contributed by atoms with Crippen molar-refractivity contribution in [2.24, 2.45) is 0 Å². The van der Waals surface area contributed by atoms with E-state index in [2.05, 4.69) is 9.62 Å². The zero-order valence-electron chi connectivity index (χ0n) is 19.1. The van der Waals surface area contributed by atoms with Crippen LogP contribution in [0.3, 0.4) is 0 Å². The van der Waals surface area contributed by atoms with Crippen LogP contribution in [0.25, 0.3) is 17.2 Å². The number of nitrogens with one attached hydrogen (secondary N) is 1. The van der Waals surface area contributed by atoms with E-state index >= 15 is 0 Å². The van der Waals surface area contributed by atoms with Crippen LogP contribution in [0.2, 0.25) is 0 Å². The van der Waals surface area contributed by atoms with Crippen molar-refractivity contribution in [1.29, 1.82) is 0 Å². The first-order valence-electron chi connectivity index (χ1n) is 11.2. The lowest BCUT2D eigenvalue weighted by Gasteiger charge is -2.25. The molecule has 0 unspecified atom stereocenters. The maximum Gasteiger partial charge on any atom is 0.341 e. The fourth-order valence-electron chi connectivity index (χ4n) is 4.28. The normalized spacial score (nSPS) is 15.8. The van der Waals surface area contributed by atoms with Crippen LogP contribution in [-0.4, -0.2) is 57.2 Å². The van der Waals surface area contributed by atoms with E-state index in [1.165, 1.54) is 12.3 Å². The lowest BCUT2D eigenvalue weighted by Crippen LogP contribution is -2.36. The number of aromatic carboxylic acids is 1. The van der Waals surface area contributed by atoms with Gasteiger partial charge in [0.25, 0.3) is 10.0 Å². The van der Waals surface area contributed by atoms with Crippen LogP contribution in [0.1, 0.15) is 21.7 Å². The smallest absolute Gasteiger partial charge is 0.341 e. The van der Waals surface area contributed by atoms with Gasteiger partial charge < -0.3 is 19.0 Å². The summed E-state index contributed by atoms with van der Waals surface area (Å²) in [7, 11) is -4.29. The minimum absolute atomic E-state index is 0.0157. The number of halogens is 1. The molecule has 0 saturated carbocycles. The Morgan fingerprint density at radius 2 is 1.94 bits per heavy atom. The van der Waals surface area contributed by atoms with Crippen LogP contribution in [0.4, 0.5) is 10.1 Å². The van der Waals surface area contributed by atoms with Crippen molar-refractivity contribution in [2.45, 2.75) is 11.5 Å². The van der Waals surface area contributed by atoms with E-state index in [4.69, 9.17) is 13.9 Å². The van der Waals surface area contributed by atoms with Crippen LogP contribution in [0.15, 0.2) is 58.1 Å². The first-order chi connectivity index (χ1) is 17.3. The van der Waals surface area contributed by atoms with Gasteiger partial charge in [0.1, 0.15) is 29.5 Å². The molecule has 0 radical (unpaired) electrons. The highest BCUT2D eigenvalue weighted by Crippen LogP contribution is 2.43. The molecule has 36 heavy (non-hydrogen) atoms. The van der Waals surface area contributed by atoms with Crippen LogP contribution >= 0.6 is 0 Å². The van der Waals surface area contributed by atoms with Crippen molar-refractivity contribution >= 4 is 27.8 Å². The van der Waals surface area contributed by atoms with Crippen molar-refractivity contribution in [3.8, 4) is 16.9 Å². The predicted octanol–water partition coefficient (Wildman–Crippen LogP) is 3.82. The number of fused-ring (bicyclic) bond motifs is 3. The standard InChI is InChI=1S/C25H23FN2O7S/c26-17-3-6-22(16(14-17)2-1-8-28-9-12-33-13-10-28)36(31,32)27-20-5-4-19-18-7-11-34-21(18)15-35-24(19)23(20)25(29)30/h1-7,11,14,27H,8-10,12-13,15H2,(H,29,30)/b2-1-. The highest BCUT2D eigenvalue weighted by atomic mass is 32.2. The number of benzene rings is 2. The molecule has 2 aromatic carbocycles. The molecule has 3 heterocycles. The SMILES string of the molecule is O=C(O)c1c(NS(=O)(=O)c2ccc(F)cc2/C=C\CN2CCOCC2)ccc2c1OCc1occc1-2. The van der Waals surface area contributed by atoms with E-state index in [9.17, 15) is 22.7 Å². The number of nitrogens with zero attached hydrogens (tertiary/aromatic N) is 1. The van der Waals surface area contributed by atoms with Crippen molar-refractivity contribution in [3.05, 3.63) is 71.4 Å². The molecule has 1 fully saturated rings. The Morgan fingerprint density at radius 1 is 1.14 bits per heavy atom. The topological polar surface area (TPSA) is 118 Å². The number of carboxylic acids is 1. The number of morpholine rings is 1. The molecule has 3 aromatic rings. The van der Waals surface area contributed by atoms with E-state index < -0.39 is 21.8 Å². The number of sulfonamides is 1. The Morgan fingerprint density at radius 3 is 2.72 bits per heavy atom. The molecule has 9 nitrogen and oxygen atoms in total. The number of anilines is 1. The minimum Gasteiger partial charge on any atom is -0.484 e. The molecule has 0 atom stereocenters. The number of ether oxygens (including phenoxy) is 2. The molecule has 11 heteroatoms. The van der Waals surface area contributed by atoms with Gasteiger partial charge in [-0.05, 0) is 42.0 Å². The maximum absolute atomic E-state index is 14.0. The lowest BCUT2D eigenvalue weighted by molar-refractivity contribution is 0.0435. The lowest BCUT2D eigenvalue weighted by atomic mass is 9.98. The zero-order valence-corrected chi connectivity index (χ0v) is 19.9. The summed E-state index contributed by atoms with van der Waals surface area (Å²) in [4.78, 5) is 14.1. The van der Waals surface area contributed by atoms with Gasteiger partial charge in [-0.3, -0.25) is 9.62 Å². The van der Waals surface area contributed by atoms with Crippen molar-refractivity contribution in [1.82, 2.24) is 4.90 Å². The van der Waals surface area contributed by atoms with Gasteiger partial charge in [-0.2, -0.15) is 0 Å². The quantitative estimate of drug-likeness (QED) is 0.489. The monoisotopic (exact) mass is 514 g/mol. The summed E-state index contributed by atoms with van der Waals surface area (Å²) in [6, 6.07) is 7.95. The molecule has 0 bridgehead atoms. The first-order valence-corrected chi connectivity index (χ1v) is 12.7. The molecule has 188 valence electrons. The predicted molar refractivity (Wildman–Crippen MR) is 129 cm³/mol. The van der Waals surface area contributed by atoms with Gasteiger partial charge in [0.15, 0.2) is 0 Å². The highest BCUT2D eigenvalue weighted by Gasteiger charge is 2.30. The Hall–Kier alpha value is -3.67. The molecule has 2 N–H and O–H groups in total. The summed E-state index contributed by atoms with van der Waals surface area (Å²) in [6.07, 6.45) is 4.78. The highest BCUT2D eigenvalue weighted by molar-refractivity contribution is 7.92. The second-order valence-electron chi connectivity index (χ2n) is 8.32. The van der Waals surface area contributed by atoms with E-state index in [0.717, 1.165) is 31.3 Å². The average Bonchev–Trinajstić information content (AvgIpc) is 3.33. The van der Waals surface area contributed by atoms with E-state index in [1.54, 1.807) is 24.3 Å². The fourth-order valence-corrected chi connectivity index (χ4v) is 5.53. The van der Waals surface area contributed by atoms with Gasteiger partial charge in [-0.15, -0.1) is 0 Å². The maximum atomic E-state index is 14.0. The molecular formula is C25H23FN2O7S. The molecular weight excluding hydrogens is 491 g/mol. The molecule has 0 spiro atoms. The fraction of sp³-hybridized carbons (Fsp3) is 0.240. The van der Waals surface area contributed by atoms with Gasteiger partial charge >= 0.3 is 5.97 Å². The molecule has 5 rings (SSSR count). The number of furan rings is 1. The molecule has 1 aromatic heterocycles.